The van der Waals surface area contributed by atoms with Crippen LogP contribution in [0, 0.1) is 0 Å². The fourth-order valence-electron chi connectivity index (χ4n) is 2.94. The zero-order valence-corrected chi connectivity index (χ0v) is 15.5. The van der Waals surface area contributed by atoms with E-state index in [1.54, 1.807) is 12.1 Å². The molecule has 138 valence electrons. The second-order valence-electron chi connectivity index (χ2n) is 6.53. The van der Waals surface area contributed by atoms with E-state index in [0.29, 0.717) is 12.2 Å². The lowest BCUT2D eigenvalue weighted by Crippen LogP contribution is -2.06. The third-order valence-electron chi connectivity index (χ3n) is 4.47. The van der Waals surface area contributed by atoms with Crippen LogP contribution in [0.2, 0.25) is 0 Å². The SMILES string of the molecule is C/C(=N\Nc1nc2ccccc2nc1Cc1ccccc1)c1ccc(O)cc1. The van der Waals surface area contributed by atoms with E-state index >= 15 is 0 Å². The second-order valence-corrected chi connectivity index (χ2v) is 6.53. The molecule has 0 aliphatic carbocycles. The molecule has 0 saturated carbocycles. The number of fused-ring (bicyclic) bond motifs is 1. The van der Waals surface area contributed by atoms with E-state index < -0.39 is 0 Å². The quantitative estimate of drug-likeness (QED) is 0.393. The van der Waals surface area contributed by atoms with Crippen molar-refractivity contribution in [3.8, 4) is 5.75 Å². The van der Waals surface area contributed by atoms with Crippen molar-refractivity contribution in [3.63, 3.8) is 0 Å². The number of hydrogen-bond acceptors (Lipinski definition) is 5. The highest BCUT2D eigenvalue weighted by Crippen LogP contribution is 2.20. The molecule has 3 aromatic carbocycles. The van der Waals surface area contributed by atoms with Crippen LogP contribution in [0.4, 0.5) is 5.82 Å². The van der Waals surface area contributed by atoms with Gasteiger partial charge in [-0.15, -0.1) is 0 Å². The molecule has 1 heterocycles. The number of para-hydroxylation sites is 2. The Kier molecular flexibility index (Phi) is 4.97. The molecule has 0 radical (unpaired) electrons. The number of nitrogens with one attached hydrogen (secondary N) is 1. The second kappa shape index (κ2) is 7.88. The molecule has 5 heteroatoms. The highest BCUT2D eigenvalue weighted by molar-refractivity contribution is 5.99. The van der Waals surface area contributed by atoms with Crippen LogP contribution in [0.25, 0.3) is 11.0 Å². The van der Waals surface area contributed by atoms with Crippen molar-refractivity contribution in [2.75, 3.05) is 5.43 Å². The number of phenols is 1. The molecule has 4 aromatic rings. The van der Waals surface area contributed by atoms with Gasteiger partial charge in [0.05, 0.1) is 22.4 Å². The average Bonchev–Trinajstić information content (AvgIpc) is 2.73. The number of aromatic nitrogens is 2. The van der Waals surface area contributed by atoms with Crippen molar-refractivity contribution in [3.05, 3.63) is 95.7 Å². The molecular formula is C23H20N4O. The predicted octanol–water partition coefficient (Wildman–Crippen LogP) is 4.76. The number of hydrogen-bond donors (Lipinski definition) is 2. The summed E-state index contributed by atoms with van der Waals surface area (Å²) < 4.78 is 0. The first-order valence-electron chi connectivity index (χ1n) is 9.08. The van der Waals surface area contributed by atoms with E-state index in [1.807, 2.05) is 61.5 Å². The summed E-state index contributed by atoms with van der Waals surface area (Å²) in [6.45, 7) is 1.91. The van der Waals surface area contributed by atoms with Crippen LogP contribution in [-0.4, -0.2) is 20.8 Å². The Morgan fingerprint density at radius 1 is 0.857 bits per heavy atom. The topological polar surface area (TPSA) is 70.4 Å². The van der Waals surface area contributed by atoms with Gasteiger partial charge in [-0.25, -0.2) is 9.97 Å². The number of hydrazone groups is 1. The maximum Gasteiger partial charge on any atom is 0.169 e. The molecule has 1 aromatic heterocycles. The van der Waals surface area contributed by atoms with Crippen molar-refractivity contribution in [2.45, 2.75) is 13.3 Å². The van der Waals surface area contributed by atoms with Gasteiger partial charge in [0.15, 0.2) is 5.82 Å². The lowest BCUT2D eigenvalue weighted by Gasteiger charge is -2.10. The third kappa shape index (κ3) is 3.99. The minimum absolute atomic E-state index is 0.232. The molecule has 0 unspecified atom stereocenters. The summed E-state index contributed by atoms with van der Waals surface area (Å²) >= 11 is 0. The average molecular weight is 368 g/mol. The molecule has 2 N–H and O–H groups in total. The van der Waals surface area contributed by atoms with Gasteiger partial charge >= 0.3 is 0 Å². The maximum atomic E-state index is 9.45. The van der Waals surface area contributed by atoms with Crippen LogP contribution >= 0.6 is 0 Å². The summed E-state index contributed by atoms with van der Waals surface area (Å²) in [6.07, 6.45) is 0.661. The molecule has 0 saturated heterocycles. The highest BCUT2D eigenvalue weighted by Gasteiger charge is 2.10. The zero-order chi connectivity index (χ0) is 19.3. The van der Waals surface area contributed by atoms with Crippen LogP contribution in [0.15, 0.2) is 84.0 Å². The fourth-order valence-corrected chi connectivity index (χ4v) is 2.94. The molecule has 0 bridgehead atoms. The van der Waals surface area contributed by atoms with Gasteiger partial charge in [-0.3, -0.25) is 5.43 Å². The number of benzene rings is 3. The molecule has 5 nitrogen and oxygen atoms in total. The van der Waals surface area contributed by atoms with E-state index in [2.05, 4.69) is 22.7 Å². The summed E-state index contributed by atoms with van der Waals surface area (Å²) in [6, 6.07) is 24.9. The van der Waals surface area contributed by atoms with Crippen molar-refractivity contribution in [1.82, 2.24) is 9.97 Å². The van der Waals surface area contributed by atoms with Crippen molar-refractivity contribution < 1.29 is 5.11 Å². The van der Waals surface area contributed by atoms with Crippen LogP contribution in [0.3, 0.4) is 0 Å². The normalized spacial score (nSPS) is 11.5. The smallest absolute Gasteiger partial charge is 0.169 e. The molecule has 0 fully saturated rings. The van der Waals surface area contributed by atoms with Gasteiger partial charge in [0.25, 0.3) is 0 Å². The van der Waals surface area contributed by atoms with Gasteiger partial charge in [0, 0.05) is 6.42 Å². The van der Waals surface area contributed by atoms with Gasteiger partial charge in [0.2, 0.25) is 0 Å². The molecule has 0 spiro atoms. The molecular weight excluding hydrogens is 348 g/mol. The number of anilines is 1. The Morgan fingerprint density at radius 2 is 1.50 bits per heavy atom. The fraction of sp³-hybridized carbons (Fsp3) is 0.0870. The molecule has 4 rings (SSSR count). The number of phenolic OH excluding ortho intramolecular Hbond substituents is 1. The summed E-state index contributed by atoms with van der Waals surface area (Å²) in [5.74, 6) is 0.871. The predicted molar refractivity (Wildman–Crippen MR) is 113 cm³/mol. The minimum Gasteiger partial charge on any atom is -0.508 e. The Morgan fingerprint density at radius 3 is 2.21 bits per heavy atom. The van der Waals surface area contributed by atoms with E-state index in [-0.39, 0.29) is 5.75 Å². The summed E-state index contributed by atoms with van der Waals surface area (Å²) in [4.78, 5) is 9.54. The van der Waals surface area contributed by atoms with Gasteiger partial charge in [-0.2, -0.15) is 5.10 Å². The Balaban J connectivity index is 1.68. The highest BCUT2D eigenvalue weighted by atomic mass is 16.3. The van der Waals surface area contributed by atoms with E-state index in [0.717, 1.165) is 33.6 Å². The van der Waals surface area contributed by atoms with Gasteiger partial charge in [0.1, 0.15) is 5.75 Å². The standard InChI is InChI=1S/C23H20N4O/c1-16(18-11-13-19(28)14-12-18)26-27-23-22(15-17-7-3-2-4-8-17)24-20-9-5-6-10-21(20)25-23/h2-14,28H,15H2,1H3,(H,25,27)/b26-16+. The van der Waals surface area contributed by atoms with Crippen LogP contribution in [-0.2, 0) is 6.42 Å². The monoisotopic (exact) mass is 368 g/mol. The van der Waals surface area contributed by atoms with Crippen LogP contribution < -0.4 is 5.43 Å². The van der Waals surface area contributed by atoms with E-state index in [1.165, 1.54) is 0 Å². The third-order valence-corrected chi connectivity index (χ3v) is 4.47. The number of rotatable bonds is 5. The van der Waals surface area contributed by atoms with Crippen molar-refractivity contribution >= 4 is 22.6 Å². The minimum atomic E-state index is 0.232. The van der Waals surface area contributed by atoms with Gasteiger partial charge in [-0.1, -0.05) is 42.5 Å². The summed E-state index contributed by atoms with van der Waals surface area (Å²) in [5, 5.41) is 13.9. The maximum absolute atomic E-state index is 9.45. The Labute approximate surface area is 163 Å². The zero-order valence-electron chi connectivity index (χ0n) is 15.5. The lowest BCUT2D eigenvalue weighted by molar-refractivity contribution is 0.475. The van der Waals surface area contributed by atoms with Crippen molar-refractivity contribution in [1.29, 1.82) is 0 Å². The number of aromatic hydroxyl groups is 1. The van der Waals surface area contributed by atoms with Crippen molar-refractivity contribution in [2.24, 2.45) is 5.10 Å². The lowest BCUT2D eigenvalue weighted by atomic mass is 10.1. The number of nitrogens with zero attached hydrogens (tertiary/aromatic N) is 3. The first-order chi connectivity index (χ1) is 13.7. The van der Waals surface area contributed by atoms with Crippen LogP contribution in [0.1, 0.15) is 23.7 Å². The van der Waals surface area contributed by atoms with Gasteiger partial charge < -0.3 is 5.11 Å². The molecule has 0 amide bonds. The first-order valence-corrected chi connectivity index (χ1v) is 9.08. The van der Waals surface area contributed by atoms with Gasteiger partial charge in [-0.05, 0) is 54.4 Å². The summed E-state index contributed by atoms with van der Waals surface area (Å²) in [7, 11) is 0. The Hall–Kier alpha value is -3.73. The molecule has 28 heavy (non-hydrogen) atoms. The Bertz CT molecular complexity index is 1120. The summed E-state index contributed by atoms with van der Waals surface area (Å²) in [5.41, 5.74) is 8.48. The molecule has 0 aliphatic heterocycles. The largest absolute Gasteiger partial charge is 0.508 e. The van der Waals surface area contributed by atoms with E-state index in [9.17, 15) is 5.11 Å². The van der Waals surface area contributed by atoms with E-state index in [4.69, 9.17) is 9.97 Å². The van der Waals surface area contributed by atoms with Crippen LogP contribution in [0.5, 0.6) is 5.75 Å². The first kappa shape index (κ1) is 17.7. The molecule has 0 aliphatic rings. The molecule has 0 atom stereocenters.